The molecule has 0 unspecified atom stereocenters. The molecule has 104 valence electrons. The number of H-pyrrole nitrogens is 1. The van der Waals surface area contributed by atoms with E-state index in [1.54, 1.807) is 0 Å². The number of nitrogen functional groups attached to an aromatic ring is 1. The first-order valence-electron chi connectivity index (χ1n) is 6.65. The molecule has 5 nitrogen and oxygen atoms in total. The van der Waals surface area contributed by atoms with Crippen molar-refractivity contribution in [2.24, 2.45) is 5.92 Å². The van der Waals surface area contributed by atoms with Gasteiger partial charge < -0.3 is 10.7 Å². The molecule has 6 heteroatoms. The topological polar surface area (TPSA) is 88.8 Å². The molecule has 2 rings (SSSR count). The number of carbonyl (C=O) groups excluding carboxylic acids is 1. The van der Waals surface area contributed by atoms with Crippen LogP contribution in [0.2, 0.25) is 0 Å². The molecule has 0 amide bonds. The predicted octanol–water partition coefficient (Wildman–Crippen LogP) is 1.98. The van der Waals surface area contributed by atoms with Gasteiger partial charge in [0.2, 0.25) is 0 Å². The molecule has 1 heterocycles. The van der Waals surface area contributed by atoms with Crippen molar-refractivity contribution in [3.8, 4) is 0 Å². The number of nitrogens with zero attached hydrogens (tertiary/aromatic N) is 1. The van der Waals surface area contributed by atoms with Crippen molar-refractivity contribution in [3.63, 3.8) is 0 Å². The van der Waals surface area contributed by atoms with E-state index in [0.29, 0.717) is 23.2 Å². The Bertz CT molecular complexity index is 495. The van der Waals surface area contributed by atoms with Crippen LogP contribution >= 0.6 is 11.8 Å². The Morgan fingerprint density at radius 1 is 1.42 bits per heavy atom. The van der Waals surface area contributed by atoms with Crippen molar-refractivity contribution in [2.45, 2.75) is 43.7 Å². The predicted molar refractivity (Wildman–Crippen MR) is 76.2 cm³/mol. The molecule has 0 aliphatic heterocycles. The Balaban J connectivity index is 1.80. The van der Waals surface area contributed by atoms with E-state index in [4.69, 9.17) is 5.73 Å². The maximum absolute atomic E-state index is 11.9. The Kier molecular flexibility index (Phi) is 5.01. The first kappa shape index (κ1) is 14.1. The van der Waals surface area contributed by atoms with Gasteiger partial charge in [0, 0.05) is 12.5 Å². The Morgan fingerprint density at radius 2 is 2.16 bits per heavy atom. The number of ketones is 1. The van der Waals surface area contributed by atoms with Crippen LogP contribution in [-0.4, -0.2) is 21.5 Å². The number of anilines is 1. The Hall–Kier alpha value is -1.30. The van der Waals surface area contributed by atoms with Crippen LogP contribution < -0.4 is 11.3 Å². The van der Waals surface area contributed by atoms with Crippen molar-refractivity contribution in [1.82, 2.24) is 9.97 Å². The van der Waals surface area contributed by atoms with Gasteiger partial charge in [0.05, 0.1) is 5.75 Å². The lowest BCUT2D eigenvalue weighted by molar-refractivity contribution is -0.117. The fraction of sp³-hybridized carbons (Fsp3) is 0.615. The highest BCUT2D eigenvalue weighted by molar-refractivity contribution is 7.99. The fourth-order valence-corrected chi connectivity index (χ4v) is 3.20. The van der Waals surface area contributed by atoms with Gasteiger partial charge in [-0.05, 0) is 5.92 Å². The van der Waals surface area contributed by atoms with E-state index in [1.165, 1.54) is 49.9 Å². The average Bonchev–Trinajstić information content (AvgIpc) is 2.36. The smallest absolute Gasteiger partial charge is 0.253 e. The highest BCUT2D eigenvalue weighted by atomic mass is 32.2. The van der Waals surface area contributed by atoms with Crippen molar-refractivity contribution >= 4 is 23.4 Å². The number of Topliss-reactive ketones (excluding diaryl/α,β-unsaturated/α-hetero) is 1. The third-order valence-electron chi connectivity index (χ3n) is 3.35. The molecule has 1 aromatic heterocycles. The summed E-state index contributed by atoms with van der Waals surface area (Å²) in [6.45, 7) is 0. The van der Waals surface area contributed by atoms with Crippen LogP contribution in [0.4, 0.5) is 5.82 Å². The lowest BCUT2D eigenvalue weighted by Crippen LogP contribution is -2.14. The molecule has 0 aromatic carbocycles. The summed E-state index contributed by atoms with van der Waals surface area (Å²) in [5, 5.41) is 0.419. The Morgan fingerprint density at radius 3 is 2.84 bits per heavy atom. The number of nitrogens with one attached hydrogen (secondary N) is 1. The van der Waals surface area contributed by atoms with E-state index in [-0.39, 0.29) is 17.2 Å². The summed E-state index contributed by atoms with van der Waals surface area (Å²) < 4.78 is 0. The second kappa shape index (κ2) is 6.75. The highest BCUT2D eigenvalue weighted by Gasteiger charge is 2.17. The van der Waals surface area contributed by atoms with Gasteiger partial charge in [0.15, 0.2) is 5.16 Å². The standard InChI is InChI=1S/C13H19N3O2S/c14-11-7-12(18)16-13(15-11)19-8-10(17)6-9-4-2-1-3-5-9/h7,9H,1-6,8H2,(H3,14,15,16,18). The lowest BCUT2D eigenvalue weighted by Gasteiger charge is -2.20. The minimum Gasteiger partial charge on any atom is -0.383 e. The molecule has 0 radical (unpaired) electrons. The van der Waals surface area contributed by atoms with Gasteiger partial charge in [-0.1, -0.05) is 43.9 Å². The minimum absolute atomic E-state index is 0.186. The summed E-state index contributed by atoms with van der Waals surface area (Å²) in [4.78, 5) is 29.6. The van der Waals surface area contributed by atoms with Crippen molar-refractivity contribution in [3.05, 3.63) is 16.4 Å². The van der Waals surface area contributed by atoms with Crippen LogP contribution in [-0.2, 0) is 4.79 Å². The summed E-state index contributed by atoms with van der Waals surface area (Å²) in [7, 11) is 0. The number of rotatable bonds is 5. The number of nitrogens with two attached hydrogens (primary N) is 1. The molecule has 3 N–H and O–H groups in total. The maximum atomic E-state index is 11.9. The van der Waals surface area contributed by atoms with Gasteiger partial charge in [-0.2, -0.15) is 0 Å². The van der Waals surface area contributed by atoms with Gasteiger partial charge >= 0.3 is 0 Å². The number of hydrogen-bond acceptors (Lipinski definition) is 5. The van der Waals surface area contributed by atoms with E-state index in [9.17, 15) is 9.59 Å². The third kappa shape index (κ3) is 4.70. The lowest BCUT2D eigenvalue weighted by atomic mass is 9.86. The monoisotopic (exact) mass is 281 g/mol. The molecule has 0 bridgehead atoms. The van der Waals surface area contributed by atoms with E-state index in [0.717, 1.165) is 0 Å². The van der Waals surface area contributed by atoms with Crippen molar-refractivity contribution < 1.29 is 4.79 Å². The van der Waals surface area contributed by atoms with Crippen LogP contribution in [0.15, 0.2) is 16.0 Å². The number of aromatic nitrogens is 2. The molecule has 1 aliphatic rings. The first-order chi connectivity index (χ1) is 9.13. The fourth-order valence-electron chi connectivity index (χ4n) is 2.44. The van der Waals surface area contributed by atoms with Crippen molar-refractivity contribution in [2.75, 3.05) is 11.5 Å². The number of hydrogen-bond donors (Lipinski definition) is 2. The molecule has 0 saturated heterocycles. The van der Waals surface area contributed by atoms with Crippen molar-refractivity contribution in [1.29, 1.82) is 0 Å². The molecule has 1 fully saturated rings. The molecule has 1 saturated carbocycles. The second-order valence-corrected chi connectivity index (χ2v) is 5.97. The van der Waals surface area contributed by atoms with E-state index < -0.39 is 0 Å². The molecular weight excluding hydrogens is 262 g/mol. The zero-order chi connectivity index (χ0) is 13.7. The number of aromatic amines is 1. The van der Waals surface area contributed by atoms with Crippen LogP contribution in [0.3, 0.4) is 0 Å². The quantitative estimate of drug-likeness (QED) is 0.636. The van der Waals surface area contributed by atoms with Gasteiger partial charge in [-0.15, -0.1) is 0 Å². The van der Waals surface area contributed by atoms with Gasteiger partial charge in [0.1, 0.15) is 11.6 Å². The van der Waals surface area contributed by atoms with Gasteiger partial charge in [-0.3, -0.25) is 9.59 Å². The van der Waals surface area contributed by atoms with E-state index >= 15 is 0 Å². The normalized spacial score (nSPS) is 16.4. The number of carbonyl (C=O) groups is 1. The van der Waals surface area contributed by atoms with Crippen LogP contribution in [0.5, 0.6) is 0 Å². The summed E-state index contributed by atoms with van der Waals surface area (Å²) >= 11 is 1.25. The number of thioether (sulfide) groups is 1. The van der Waals surface area contributed by atoms with Crippen LogP contribution in [0.25, 0.3) is 0 Å². The van der Waals surface area contributed by atoms with Gasteiger partial charge in [0.25, 0.3) is 5.56 Å². The highest BCUT2D eigenvalue weighted by Crippen LogP contribution is 2.27. The zero-order valence-corrected chi connectivity index (χ0v) is 11.7. The van der Waals surface area contributed by atoms with Crippen LogP contribution in [0.1, 0.15) is 38.5 Å². The molecule has 0 atom stereocenters. The summed E-state index contributed by atoms with van der Waals surface area (Å²) in [6.07, 6.45) is 6.78. The third-order valence-corrected chi connectivity index (χ3v) is 4.28. The molecule has 19 heavy (non-hydrogen) atoms. The molecular formula is C13H19N3O2S. The SMILES string of the molecule is Nc1cc(=O)[nH]c(SCC(=O)CC2CCCCC2)n1. The zero-order valence-electron chi connectivity index (χ0n) is 10.9. The first-order valence-corrected chi connectivity index (χ1v) is 7.63. The largest absolute Gasteiger partial charge is 0.383 e. The average molecular weight is 281 g/mol. The van der Waals surface area contributed by atoms with Gasteiger partial charge in [-0.25, -0.2) is 4.98 Å². The van der Waals surface area contributed by atoms with Crippen LogP contribution in [0, 0.1) is 5.92 Å². The van der Waals surface area contributed by atoms with E-state index in [2.05, 4.69) is 9.97 Å². The summed E-state index contributed by atoms with van der Waals surface area (Å²) in [6, 6.07) is 1.23. The summed E-state index contributed by atoms with van der Waals surface area (Å²) in [5.74, 6) is 1.31. The summed E-state index contributed by atoms with van der Waals surface area (Å²) in [5.41, 5.74) is 5.20. The Labute approximate surface area is 116 Å². The molecule has 0 spiro atoms. The molecule has 1 aromatic rings. The molecule has 1 aliphatic carbocycles. The maximum Gasteiger partial charge on any atom is 0.253 e. The second-order valence-electron chi connectivity index (χ2n) is 5.01. The minimum atomic E-state index is -0.283. The van der Waals surface area contributed by atoms with E-state index in [1.807, 2.05) is 0 Å².